The van der Waals surface area contributed by atoms with E-state index in [-0.39, 0.29) is 11.9 Å². The maximum Gasteiger partial charge on any atom is 0.126 e. The summed E-state index contributed by atoms with van der Waals surface area (Å²) in [5.41, 5.74) is 7.23. The lowest BCUT2D eigenvalue weighted by Crippen LogP contribution is -2.14. The lowest BCUT2D eigenvalue weighted by Gasteiger charge is -2.10. The summed E-state index contributed by atoms with van der Waals surface area (Å²) in [6.07, 6.45) is 3.88. The van der Waals surface area contributed by atoms with Crippen molar-refractivity contribution >= 4 is 11.6 Å². The van der Waals surface area contributed by atoms with E-state index in [0.29, 0.717) is 17.0 Å². The molecular formula is C12H13ClFN3. The van der Waals surface area contributed by atoms with Gasteiger partial charge in [-0.1, -0.05) is 11.6 Å². The van der Waals surface area contributed by atoms with Gasteiger partial charge in [0.15, 0.2) is 0 Å². The highest BCUT2D eigenvalue weighted by Gasteiger charge is 2.12. The molecule has 2 rings (SSSR count). The third-order valence-electron chi connectivity index (χ3n) is 2.55. The van der Waals surface area contributed by atoms with E-state index in [0.717, 1.165) is 5.69 Å². The SMILES string of the molecule is Cn1cnc(C(N)Cc2cc(Cl)ccc2F)c1. The number of halogens is 2. The molecule has 0 aliphatic carbocycles. The van der Waals surface area contributed by atoms with E-state index in [1.807, 2.05) is 17.8 Å². The summed E-state index contributed by atoms with van der Waals surface area (Å²) in [5, 5.41) is 0.509. The van der Waals surface area contributed by atoms with Crippen molar-refractivity contribution in [2.45, 2.75) is 12.5 Å². The lowest BCUT2D eigenvalue weighted by atomic mass is 10.0. The fourth-order valence-corrected chi connectivity index (χ4v) is 1.86. The predicted octanol–water partition coefficient (Wildman–Crippen LogP) is 2.46. The second-order valence-electron chi connectivity index (χ2n) is 4.01. The summed E-state index contributed by atoms with van der Waals surface area (Å²) in [4.78, 5) is 4.15. The van der Waals surface area contributed by atoms with Crippen LogP contribution in [0, 0.1) is 5.82 Å². The maximum absolute atomic E-state index is 13.5. The third kappa shape index (κ3) is 2.84. The first-order valence-electron chi connectivity index (χ1n) is 5.23. The van der Waals surface area contributed by atoms with Gasteiger partial charge in [0.1, 0.15) is 5.82 Å². The number of rotatable bonds is 3. The number of benzene rings is 1. The van der Waals surface area contributed by atoms with Gasteiger partial charge in [0.2, 0.25) is 0 Å². The van der Waals surface area contributed by atoms with Crippen molar-refractivity contribution in [2.75, 3.05) is 0 Å². The molecule has 0 aliphatic heterocycles. The van der Waals surface area contributed by atoms with Crippen LogP contribution >= 0.6 is 11.6 Å². The molecule has 2 aromatic rings. The molecule has 0 aliphatic rings. The Morgan fingerprint density at radius 2 is 2.29 bits per heavy atom. The number of nitrogens with zero attached hydrogens (tertiary/aromatic N) is 2. The minimum atomic E-state index is -0.329. The van der Waals surface area contributed by atoms with Crippen LogP contribution in [-0.2, 0) is 13.5 Å². The van der Waals surface area contributed by atoms with Crippen LogP contribution in [0.4, 0.5) is 4.39 Å². The summed E-state index contributed by atoms with van der Waals surface area (Å²) in [7, 11) is 1.86. The van der Waals surface area contributed by atoms with Gasteiger partial charge in [-0.15, -0.1) is 0 Å². The zero-order valence-corrected chi connectivity index (χ0v) is 10.2. The van der Waals surface area contributed by atoms with Gasteiger partial charge >= 0.3 is 0 Å². The highest BCUT2D eigenvalue weighted by molar-refractivity contribution is 6.30. The van der Waals surface area contributed by atoms with Gasteiger partial charge in [0.25, 0.3) is 0 Å². The Morgan fingerprint density at radius 3 is 2.94 bits per heavy atom. The van der Waals surface area contributed by atoms with Crippen molar-refractivity contribution in [3.63, 3.8) is 0 Å². The van der Waals surface area contributed by atoms with Crippen molar-refractivity contribution in [1.29, 1.82) is 0 Å². The fourth-order valence-electron chi connectivity index (χ4n) is 1.67. The molecule has 0 saturated heterocycles. The summed E-state index contributed by atoms with van der Waals surface area (Å²) in [6, 6.07) is 4.14. The van der Waals surface area contributed by atoms with Crippen molar-refractivity contribution in [1.82, 2.24) is 9.55 Å². The molecule has 0 radical (unpaired) electrons. The molecule has 5 heteroatoms. The number of aryl methyl sites for hydroxylation is 1. The van der Waals surface area contributed by atoms with Gasteiger partial charge < -0.3 is 10.3 Å². The Bertz CT molecular complexity index is 524. The van der Waals surface area contributed by atoms with Crippen LogP contribution in [0.1, 0.15) is 17.3 Å². The topological polar surface area (TPSA) is 43.8 Å². The van der Waals surface area contributed by atoms with Crippen LogP contribution < -0.4 is 5.73 Å². The highest BCUT2D eigenvalue weighted by atomic mass is 35.5. The highest BCUT2D eigenvalue weighted by Crippen LogP contribution is 2.20. The number of nitrogens with two attached hydrogens (primary N) is 1. The van der Waals surface area contributed by atoms with Crippen LogP contribution in [0.25, 0.3) is 0 Å². The molecule has 1 atom stereocenters. The molecule has 2 N–H and O–H groups in total. The molecular weight excluding hydrogens is 241 g/mol. The third-order valence-corrected chi connectivity index (χ3v) is 2.79. The number of aromatic nitrogens is 2. The van der Waals surface area contributed by atoms with Gasteiger partial charge in [-0.25, -0.2) is 9.37 Å². The van der Waals surface area contributed by atoms with Crippen molar-refractivity contribution in [3.05, 3.63) is 52.8 Å². The van der Waals surface area contributed by atoms with Crippen LogP contribution in [0.5, 0.6) is 0 Å². The molecule has 1 aromatic heterocycles. The largest absolute Gasteiger partial charge is 0.340 e. The first-order valence-corrected chi connectivity index (χ1v) is 5.61. The van der Waals surface area contributed by atoms with Crippen molar-refractivity contribution < 1.29 is 4.39 Å². The second kappa shape index (κ2) is 4.85. The Hall–Kier alpha value is -1.39. The Kier molecular flexibility index (Phi) is 3.45. The minimum absolute atomic E-state index is 0.291. The zero-order valence-electron chi connectivity index (χ0n) is 9.40. The van der Waals surface area contributed by atoms with Crippen LogP contribution in [0.2, 0.25) is 5.02 Å². The number of hydrogen-bond acceptors (Lipinski definition) is 2. The molecule has 3 nitrogen and oxygen atoms in total. The Labute approximate surface area is 104 Å². The van der Waals surface area contributed by atoms with E-state index >= 15 is 0 Å². The van der Waals surface area contributed by atoms with Crippen LogP contribution in [-0.4, -0.2) is 9.55 Å². The summed E-state index contributed by atoms with van der Waals surface area (Å²) in [5.74, 6) is -0.291. The molecule has 1 heterocycles. The summed E-state index contributed by atoms with van der Waals surface area (Å²) < 4.78 is 15.3. The minimum Gasteiger partial charge on any atom is -0.340 e. The van der Waals surface area contributed by atoms with Crippen LogP contribution in [0.15, 0.2) is 30.7 Å². The predicted molar refractivity (Wildman–Crippen MR) is 65.3 cm³/mol. The molecule has 1 aromatic carbocycles. The van der Waals surface area contributed by atoms with E-state index in [9.17, 15) is 4.39 Å². The monoisotopic (exact) mass is 253 g/mol. The Morgan fingerprint density at radius 1 is 1.53 bits per heavy atom. The molecule has 0 saturated carbocycles. The van der Waals surface area contributed by atoms with E-state index < -0.39 is 0 Å². The fraction of sp³-hybridized carbons (Fsp3) is 0.250. The molecule has 0 fully saturated rings. The van der Waals surface area contributed by atoms with Crippen LogP contribution in [0.3, 0.4) is 0 Å². The zero-order chi connectivity index (χ0) is 12.4. The summed E-state index contributed by atoms with van der Waals surface area (Å²) >= 11 is 5.82. The molecule has 90 valence electrons. The quantitative estimate of drug-likeness (QED) is 0.913. The van der Waals surface area contributed by atoms with Gasteiger partial charge in [0, 0.05) is 18.3 Å². The number of imidazole rings is 1. The van der Waals surface area contributed by atoms with E-state index in [1.165, 1.54) is 12.1 Å². The smallest absolute Gasteiger partial charge is 0.126 e. The van der Waals surface area contributed by atoms with E-state index in [2.05, 4.69) is 4.98 Å². The Balaban J connectivity index is 2.18. The average molecular weight is 254 g/mol. The summed E-state index contributed by atoms with van der Waals surface area (Å²) in [6.45, 7) is 0. The normalized spacial score (nSPS) is 12.7. The lowest BCUT2D eigenvalue weighted by molar-refractivity contribution is 0.590. The van der Waals surface area contributed by atoms with Crippen molar-refractivity contribution in [2.24, 2.45) is 12.8 Å². The second-order valence-corrected chi connectivity index (χ2v) is 4.45. The van der Waals surface area contributed by atoms with Gasteiger partial charge in [-0.2, -0.15) is 0 Å². The molecule has 17 heavy (non-hydrogen) atoms. The molecule has 0 amide bonds. The van der Waals surface area contributed by atoms with E-state index in [4.69, 9.17) is 17.3 Å². The maximum atomic E-state index is 13.5. The standard InChI is InChI=1S/C12H13ClFN3/c1-17-6-12(16-7-17)11(15)5-8-4-9(13)2-3-10(8)14/h2-4,6-7,11H,5,15H2,1H3. The van der Waals surface area contributed by atoms with Crippen molar-refractivity contribution in [3.8, 4) is 0 Å². The van der Waals surface area contributed by atoms with Gasteiger partial charge in [-0.3, -0.25) is 0 Å². The average Bonchev–Trinajstić information content (AvgIpc) is 2.70. The van der Waals surface area contributed by atoms with E-state index in [1.54, 1.807) is 12.4 Å². The first kappa shape index (κ1) is 12.1. The first-order chi connectivity index (χ1) is 8.06. The number of hydrogen-bond donors (Lipinski definition) is 1. The van der Waals surface area contributed by atoms with Gasteiger partial charge in [-0.05, 0) is 30.2 Å². The van der Waals surface area contributed by atoms with Gasteiger partial charge in [0.05, 0.1) is 18.1 Å². The molecule has 1 unspecified atom stereocenters. The molecule has 0 bridgehead atoms. The molecule has 0 spiro atoms.